The number of primary amides is 1. The van der Waals surface area contributed by atoms with Gasteiger partial charge >= 0.3 is 0 Å². The van der Waals surface area contributed by atoms with Crippen LogP contribution in [-0.4, -0.2) is 36.7 Å². The molecule has 0 radical (unpaired) electrons. The van der Waals surface area contributed by atoms with Gasteiger partial charge in [-0.25, -0.2) is 0 Å². The topological polar surface area (TPSA) is 93.7 Å². The van der Waals surface area contributed by atoms with Crippen LogP contribution in [0.2, 0.25) is 0 Å². The zero-order chi connectivity index (χ0) is 17.0. The molecule has 0 unspecified atom stereocenters. The van der Waals surface area contributed by atoms with Gasteiger partial charge < -0.3 is 16.0 Å². The molecule has 0 spiro atoms. The van der Waals surface area contributed by atoms with Crippen LogP contribution in [0, 0.1) is 5.92 Å². The number of nitrogens with two attached hydrogens (primary N) is 1. The van der Waals surface area contributed by atoms with Crippen LogP contribution in [-0.2, 0) is 9.59 Å². The molecule has 1 atom stereocenters. The van der Waals surface area contributed by atoms with E-state index in [4.69, 9.17) is 5.73 Å². The largest absolute Gasteiger partial charge is 0.369 e. The molecule has 2 rings (SSSR count). The van der Waals surface area contributed by atoms with Gasteiger partial charge in [0.05, 0.1) is 18.8 Å². The fourth-order valence-electron chi connectivity index (χ4n) is 3.03. The van der Waals surface area contributed by atoms with Gasteiger partial charge in [-0.2, -0.15) is 0 Å². The first-order valence-electron chi connectivity index (χ1n) is 7.95. The summed E-state index contributed by atoms with van der Waals surface area (Å²) >= 11 is 0. The van der Waals surface area contributed by atoms with E-state index in [-0.39, 0.29) is 29.6 Å². The Hall–Kier alpha value is -2.21. The van der Waals surface area contributed by atoms with E-state index >= 15 is 0 Å². The van der Waals surface area contributed by atoms with Crippen LogP contribution in [0.25, 0.3) is 0 Å². The number of amides is 2. The molecule has 0 saturated carbocycles. The predicted molar refractivity (Wildman–Crippen MR) is 87.2 cm³/mol. The lowest BCUT2D eigenvalue weighted by molar-refractivity contribution is -0.919. The van der Waals surface area contributed by atoms with Gasteiger partial charge in [0.1, 0.15) is 0 Å². The summed E-state index contributed by atoms with van der Waals surface area (Å²) in [6.45, 7) is 4.84. The van der Waals surface area contributed by atoms with Crippen molar-refractivity contribution in [2.75, 3.05) is 18.4 Å². The van der Waals surface area contributed by atoms with Crippen LogP contribution in [0.1, 0.15) is 37.0 Å². The Morgan fingerprint density at radius 3 is 2.39 bits per heavy atom. The van der Waals surface area contributed by atoms with Gasteiger partial charge in [-0.3, -0.25) is 14.4 Å². The summed E-state index contributed by atoms with van der Waals surface area (Å²) in [5.74, 6) is -0.529. The highest BCUT2D eigenvalue weighted by Crippen LogP contribution is 2.15. The van der Waals surface area contributed by atoms with E-state index in [1.165, 1.54) is 6.92 Å². The Morgan fingerprint density at radius 1 is 1.22 bits per heavy atom. The smallest absolute Gasteiger partial charge is 0.282 e. The normalized spacial score (nSPS) is 22.2. The maximum absolute atomic E-state index is 12.5. The highest BCUT2D eigenvalue weighted by atomic mass is 16.2. The van der Waals surface area contributed by atoms with Gasteiger partial charge in [0.15, 0.2) is 11.8 Å². The van der Waals surface area contributed by atoms with Crippen LogP contribution < -0.4 is 16.0 Å². The number of likely N-dealkylation sites (tertiary alicyclic amines) is 1. The van der Waals surface area contributed by atoms with Crippen molar-refractivity contribution >= 4 is 23.3 Å². The molecule has 0 aromatic heterocycles. The number of para-hydroxylation sites is 1. The van der Waals surface area contributed by atoms with Gasteiger partial charge in [-0.1, -0.05) is 12.1 Å². The molecule has 1 saturated heterocycles. The molecule has 1 aromatic carbocycles. The second kappa shape index (κ2) is 7.37. The summed E-state index contributed by atoms with van der Waals surface area (Å²) in [5, 5.41) is 2.85. The van der Waals surface area contributed by atoms with Crippen LogP contribution in [0.3, 0.4) is 0 Å². The summed E-state index contributed by atoms with van der Waals surface area (Å²) in [6, 6.07) is 6.75. The van der Waals surface area contributed by atoms with E-state index in [2.05, 4.69) is 5.32 Å². The van der Waals surface area contributed by atoms with E-state index in [0.29, 0.717) is 24.1 Å². The highest BCUT2D eigenvalue weighted by molar-refractivity contribution is 6.04. The number of carbonyl (C=O) groups excluding carboxylic acids is 3. The molecule has 1 aliphatic rings. The minimum absolute atomic E-state index is 0.0764. The number of rotatable bonds is 5. The first-order valence-corrected chi connectivity index (χ1v) is 7.95. The molecule has 0 bridgehead atoms. The number of quaternary nitrogens is 1. The van der Waals surface area contributed by atoms with Gasteiger partial charge in [0, 0.05) is 24.3 Å². The second-order valence-corrected chi connectivity index (χ2v) is 6.15. The lowest BCUT2D eigenvalue weighted by Crippen LogP contribution is -3.17. The van der Waals surface area contributed by atoms with Crippen molar-refractivity contribution in [3.8, 4) is 0 Å². The summed E-state index contributed by atoms with van der Waals surface area (Å²) in [6.07, 6.45) is 1.43. The van der Waals surface area contributed by atoms with Crippen LogP contribution in [0.4, 0.5) is 5.69 Å². The highest BCUT2D eigenvalue weighted by Gasteiger charge is 2.32. The van der Waals surface area contributed by atoms with E-state index in [0.717, 1.165) is 18.0 Å². The first kappa shape index (κ1) is 17.1. The molecule has 1 fully saturated rings. The van der Waals surface area contributed by atoms with E-state index < -0.39 is 0 Å². The average Bonchev–Trinajstić information content (AvgIpc) is 2.54. The van der Waals surface area contributed by atoms with Gasteiger partial charge in [-0.05, 0) is 26.0 Å². The third kappa shape index (κ3) is 4.16. The number of anilines is 1. The maximum atomic E-state index is 12.5. The predicted octanol–water partition coefficient (Wildman–Crippen LogP) is -0.00360. The molecule has 4 N–H and O–H groups in total. The number of Topliss-reactive ketones (excluding diaryl/α,β-unsaturated/α-hetero) is 1. The fraction of sp³-hybridized carbons (Fsp3) is 0.471. The maximum Gasteiger partial charge on any atom is 0.282 e. The number of hydrogen-bond acceptors (Lipinski definition) is 3. The zero-order valence-corrected chi connectivity index (χ0v) is 13.6. The fourth-order valence-corrected chi connectivity index (χ4v) is 3.03. The third-order valence-corrected chi connectivity index (χ3v) is 4.60. The van der Waals surface area contributed by atoms with Crippen molar-refractivity contribution in [1.29, 1.82) is 0 Å². The second-order valence-electron chi connectivity index (χ2n) is 6.15. The number of ketones is 1. The number of carbonyl (C=O) groups is 3. The van der Waals surface area contributed by atoms with Crippen molar-refractivity contribution < 1.29 is 19.3 Å². The number of nitrogens with one attached hydrogen (secondary N) is 2. The van der Waals surface area contributed by atoms with Gasteiger partial charge in [0.2, 0.25) is 5.91 Å². The van der Waals surface area contributed by atoms with Gasteiger partial charge in [0.25, 0.3) is 5.91 Å². The van der Waals surface area contributed by atoms with Crippen molar-refractivity contribution in [3.05, 3.63) is 29.8 Å². The summed E-state index contributed by atoms with van der Waals surface area (Å²) < 4.78 is 0. The Kier molecular flexibility index (Phi) is 5.50. The first-order chi connectivity index (χ1) is 10.9. The van der Waals surface area contributed by atoms with Crippen molar-refractivity contribution in [2.24, 2.45) is 11.7 Å². The lowest BCUT2D eigenvalue weighted by Gasteiger charge is -2.31. The molecule has 6 nitrogen and oxygen atoms in total. The molecule has 1 aromatic rings. The molecular formula is C17H24N3O3+. The van der Waals surface area contributed by atoms with Crippen LogP contribution in [0.15, 0.2) is 24.3 Å². The molecular weight excluding hydrogens is 294 g/mol. The molecule has 0 aliphatic carbocycles. The van der Waals surface area contributed by atoms with Crippen molar-refractivity contribution in [1.82, 2.24) is 0 Å². The lowest BCUT2D eigenvalue weighted by atomic mass is 9.95. The monoisotopic (exact) mass is 318 g/mol. The van der Waals surface area contributed by atoms with Crippen molar-refractivity contribution in [3.63, 3.8) is 0 Å². The van der Waals surface area contributed by atoms with Gasteiger partial charge in [-0.15, -0.1) is 0 Å². The Labute approximate surface area is 136 Å². The molecule has 6 heteroatoms. The quantitative estimate of drug-likeness (QED) is 0.667. The molecule has 1 heterocycles. The molecule has 23 heavy (non-hydrogen) atoms. The number of hydrogen-bond donors (Lipinski definition) is 3. The number of benzene rings is 1. The van der Waals surface area contributed by atoms with Crippen LogP contribution in [0.5, 0.6) is 0 Å². The third-order valence-electron chi connectivity index (χ3n) is 4.60. The standard InChI is InChI=1S/C17H23N3O3/c1-11(20-9-7-13(8-10-20)16(18)22)17(23)19-15-6-4-3-5-14(15)12(2)21/h3-6,11,13H,7-10H2,1-2H3,(H2,18,22)(H,19,23)/p+1/t11-/m0/s1. The SMILES string of the molecule is CC(=O)c1ccccc1NC(=O)[C@H](C)[NH+]1CCC(C(N)=O)CC1. The minimum Gasteiger partial charge on any atom is -0.369 e. The van der Waals surface area contributed by atoms with E-state index in [1.54, 1.807) is 24.3 Å². The Bertz CT molecular complexity index is 607. The van der Waals surface area contributed by atoms with Crippen LogP contribution >= 0.6 is 0 Å². The number of piperidine rings is 1. The van der Waals surface area contributed by atoms with E-state index in [9.17, 15) is 14.4 Å². The molecule has 2 amide bonds. The Morgan fingerprint density at radius 2 is 1.83 bits per heavy atom. The Balaban J connectivity index is 1.99. The zero-order valence-electron chi connectivity index (χ0n) is 13.6. The average molecular weight is 318 g/mol. The van der Waals surface area contributed by atoms with Crippen molar-refractivity contribution in [2.45, 2.75) is 32.7 Å². The molecule has 124 valence electrons. The summed E-state index contributed by atoms with van der Waals surface area (Å²) in [4.78, 5) is 36.4. The molecule has 1 aliphatic heterocycles. The summed E-state index contributed by atoms with van der Waals surface area (Å²) in [7, 11) is 0. The minimum atomic E-state index is -0.253. The summed E-state index contributed by atoms with van der Waals surface area (Å²) in [5.41, 5.74) is 6.39. The van der Waals surface area contributed by atoms with E-state index in [1.807, 2.05) is 6.92 Å².